The third-order valence-electron chi connectivity index (χ3n) is 5.06. The molecule has 0 radical (unpaired) electrons. The molecule has 1 nitrogen and oxygen atoms in total. The van der Waals surface area contributed by atoms with Crippen LogP contribution in [-0.2, 0) is 5.41 Å². The van der Waals surface area contributed by atoms with Crippen LogP contribution in [0.1, 0.15) is 45.6 Å². The van der Waals surface area contributed by atoms with Crippen LogP contribution in [0.5, 0.6) is 0 Å². The summed E-state index contributed by atoms with van der Waals surface area (Å²) in [6, 6.07) is 6.93. The van der Waals surface area contributed by atoms with E-state index in [1.807, 2.05) is 6.07 Å². The Kier molecular flexibility index (Phi) is 2.85. The van der Waals surface area contributed by atoms with Crippen LogP contribution in [0, 0.1) is 11.8 Å². The minimum Gasteiger partial charge on any atom is -0.382 e. The Morgan fingerprint density at radius 3 is 2.83 bits per heavy atom. The summed E-state index contributed by atoms with van der Waals surface area (Å²) in [7, 11) is 0. The van der Waals surface area contributed by atoms with Gasteiger partial charge in [0, 0.05) is 16.8 Å². The van der Waals surface area contributed by atoms with Gasteiger partial charge in [0.2, 0.25) is 0 Å². The molecule has 1 unspecified atom stereocenters. The predicted octanol–water partition coefficient (Wildman–Crippen LogP) is 4.85. The fourth-order valence-corrected chi connectivity index (χ4v) is 4.15. The summed E-state index contributed by atoms with van der Waals surface area (Å²) >= 11 is 6.17. The number of rotatable bonds is 0. The Morgan fingerprint density at radius 2 is 2.06 bits per heavy atom. The first kappa shape index (κ1) is 12.3. The second-order valence-electron chi connectivity index (χ2n) is 6.69. The Bertz CT molecular complexity index is 466. The van der Waals surface area contributed by atoms with E-state index in [4.69, 9.17) is 11.6 Å². The van der Waals surface area contributed by atoms with Gasteiger partial charge in [-0.1, -0.05) is 38.8 Å². The van der Waals surface area contributed by atoms with E-state index in [2.05, 4.69) is 38.2 Å². The Labute approximate surface area is 115 Å². The summed E-state index contributed by atoms with van der Waals surface area (Å²) in [5.74, 6) is 1.59. The lowest BCUT2D eigenvalue weighted by molar-refractivity contribution is 0.174. The van der Waals surface area contributed by atoms with Crippen molar-refractivity contribution in [3.63, 3.8) is 0 Å². The molecule has 0 aromatic heterocycles. The van der Waals surface area contributed by atoms with Gasteiger partial charge in [0.15, 0.2) is 0 Å². The first-order valence-electron chi connectivity index (χ1n) is 7.05. The van der Waals surface area contributed by atoms with Crippen molar-refractivity contribution in [1.29, 1.82) is 0 Å². The molecule has 1 aromatic rings. The maximum Gasteiger partial charge on any atom is 0.0410 e. The standard InChI is InChI=1S/C16H22ClN/c1-10-4-6-12-15(8-10)18-14-7-5-11(17)9-13(14)16(12,2)3/h5,7,9-10,12,15,18H,4,6,8H2,1-3H3/t10?,12-,15-/m1/s1. The molecule has 18 heavy (non-hydrogen) atoms. The Hall–Kier alpha value is -0.690. The van der Waals surface area contributed by atoms with E-state index in [0.29, 0.717) is 6.04 Å². The van der Waals surface area contributed by atoms with E-state index < -0.39 is 0 Å². The van der Waals surface area contributed by atoms with Crippen LogP contribution in [-0.4, -0.2) is 6.04 Å². The second-order valence-corrected chi connectivity index (χ2v) is 7.12. The van der Waals surface area contributed by atoms with Gasteiger partial charge in [-0.25, -0.2) is 0 Å². The summed E-state index contributed by atoms with van der Waals surface area (Å²) < 4.78 is 0. The zero-order valence-corrected chi connectivity index (χ0v) is 12.2. The van der Waals surface area contributed by atoms with Crippen molar-refractivity contribution in [2.45, 2.75) is 51.5 Å². The van der Waals surface area contributed by atoms with Gasteiger partial charge in [-0.2, -0.15) is 0 Å². The zero-order chi connectivity index (χ0) is 12.9. The van der Waals surface area contributed by atoms with Gasteiger partial charge >= 0.3 is 0 Å². The molecule has 1 aliphatic heterocycles. The maximum atomic E-state index is 6.17. The lowest BCUT2D eigenvalue weighted by atomic mass is 9.61. The fraction of sp³-hybridized carbons (Fsp3) is 0.625. The molecule has 0 amide bonds. The minimum atomic E-state index is 0.232. The van der Waals surface area contributed by atoms with Gasteiger partial charge in [-0.05, 0) is 53.9 Å². The molecule has 1 fully saturated rings. The fourth-order valence-electron chi connectivity index (χ4n) is 3.98. The highest BCUT2D eigenvalue weighted by Crippen LogP contribution is 2.49. The van der Waals surface area contributed by atoms with E-state index >= 15 is 0 Å². The molecular formula is C16H22ClN. The van der Waals surface area contributed by atoms with Crippen molar-refractivity contribution in [2.24, 2.45) is 11.8 Å². The molecule has 98 valence electrons. The van der Waals surface area contributed by atoms with Crippen molar-refractivity contribution >= 4 is 17.3 Å². The molecule has 2 aliphatic rings. The van der Waals surface area contributed by atoms with Crippen LogP contribution in [0.4, 0.5) is 5.69 Å². The van der Waals surface area contributed by atoms with Crippen LogP contribution < -0.4 is 5.32 Å². The number of hydrogen-bond acceptors (Lipinski definition) is 1. The third-order valence-corrected chi connectivity index (χ3v) is 5.29. The van der Waals surface area contributed by atoms with Gasteiger partial charge in [0.1, 0.15) is 0 Å². The van der Waals surface area contributed by atoms with Crippen molar-refractivity contribution in [3.8, 4) is 0 Å². The first-order valence-corrected chi connectivity index (χ1v) is 7.43. The zero-order valence-electron chi connectivity index (χ0n) is 11.5. The molecular weight excluding hydrogens is 242 g/mol. The van der Waals surface area contributed by atoms with E-state index in [-0.39, 0.29) is 5.41 Å². The topological polar surface area (TPSA) is 12.0 Å². The summed E-state index contributed by atoms with van der Waals surface area (Å²) in [5.41, 5.74) is 2.92. The lowest BCUT2D eigenvalue weighted by Crippen LogP contribution is -2.48. The molecule has 0 saturated heterocycles. The molecule has 1 N–H and O–H groups in total. The van der Waals surface area contributed by atoms with Crippen LogP contribution >= 0.6 is 11.6 Å². The molecule has 3 atom stereocenters. The van der Waals surface area contributed by atoms with Gasteiger partial charge in [-0.3, -0.25) is 0 Å². The number of halogens is 1. The molecule has 1 aliphatic carbocycles. The van der Waals surface area contributed by atoms with Crippen molar-refractivity contribution in [3.05, 3.63) is 28.8 Å². The maximum absolute atomic E-state index is 6.17. The van der Waals surface area contributed by atoms with Crippen LogP contribution in [0.15, 0.2) is 18.2 Å². The quantitative estimate of drug-likeness (QED) is 0.706. The molecule has 0 bridgehead atoms. The summed E-state index contributed by atoms with van der Waals surface area (Å²) in [6.07, 6.45) is 4.00. The average Bonchev–Trinajstić information content (AvgIpc) is 2.30. The largest absolute Gasteiger partial charge is 0.382 e. The first-order chi connectivity index (χ1) is 8.48. The Balaban J connectivity index is 2.04. The lowest BCUT2D eigenvalue weighted by Gasteiger charge is -2.49. The average molecular weight is 264 g/mol. The third kappa shape index (κ3) is 1.84. The molecule has 3 rings (SSSR count). The molecule has 1 heterocycles. The van der Waals surface area contributed by atoms with E-state index in [0.717, 1.165) is 16.9 Å². The van der Waals surface area contributed by atoms with Crippen molar-refractivity contribution in [2.75, 3.05) is 5.32 Å². The second kappa shape index (κ2) is 4.16. The predicted molar refractivity (Wildman–Crippen MR) is 78.4 cm³/mol. The number of nitrogens with one attached hydrogen (secondary N) is 1. The van der Waals surface area contributed by atoms with Gasteiger partial charge in [0.25, 0.3) is 0 Å². The highest BCUT2D eigenvalue weighted by molar-refractivity contribution is 6.30. The van der Waals surface area contributed by atoms with Crippen molar-refractivity contribution < 1.29 is 0 Å². The number of fused-ring (bicyclic) bond motifs is 2. The number of anilines is 1. The van der Waals surface area contributed by atoms with E-state index in [1.165, 1.54) is 30.5 Å². The monoisotopic (exact) mass is 263 g/mol. The molecule has 0 spiro atoms. The highest BCUT2D eigenvalue weighted by atomic mass is 35.5. The molecule has 1 aromatic carbocycles. The number of hydrogen-bond donors (Lipinski definition) is 1. The van der Waals surface area contributed by atoms with Gasteiger partial charge in [-0.15, -0.1) is 0 Å². The van der Waals surface area contributed by atoms with Crippen LogP contribution in [0.2, 0.25) is 5.02 Å². The van der Waals surface area contributed by atoms with Crippen molar-refractivity contribution in [1.82, 2.24) is 0 Å². The Morgan fingerprint density at radius 1 is 1.28 bits per heavy atom. The van der Waals surface area contributed by atoms with E-state index in [1.54, 1.807) is 0 Å². The van der Waals surface area contributed by atoms with Gasteiger partial charge < -0.3 is 5.32 Å². The normalized spacial score (nSPS) is 33.2. The number of benzene rings is 1. The molecule has 1 saturated carbocycles. The summed E-state index contributed by atoms with van der Waals surface area (Å²) in [5, 5.41) is 4.61. The summed E-state index contributed by atoms with van der Waals surface area (Å²) in [6.45, 7) is 7.15. The highest BCUT2D eigenvalue weighted by Gasteiger charge is 2.44. The minimum absolute atomic E-state index is 0.232. The van der Waals surface area contributed by atoms with Gasteiger partial charge in [0.05, 0.1) is 0 Å². The van der Waals surface area contributed by atoms with E-state index in [9.17, 15) is 0 Å². The SMILES string of the molecule is CC1CC[C@@H]2[C@@H](C1)Nc1ccc(Cl)cc1C2(C)C. The van der Waals surface area contributed by atoms with Crippen LogP contribution in [0.25, 0.3) is 0 Å². The molecule has 2 heteroatoms. The smallest absolute Gasteiger partial charge is 0.0410 e. The summed E-state index contributed by atoms with van der Waals surface area (Å²) in [4.78, 5) is 0. The van der Waals surface area contributed by atoms with Crippen LogP contribution in [0.3, 0.4) is 0 Å².